The lowest BCUT2D eigenvalue weighted by molar-refractivity contribution is -0.0625. The largest absolute Gasteiger partial charge is 0.408 e. The van der Waals surface area contributed by atoms with E-state index in [0.29, 0.717) is 0 Å². The molecule has 142 valence electrons. The molecule has 0 spiro atoms. The summed E-state index contributed by atoms with van der Waals surface area (Å²) >= 11 is 0. The first-order valence-electron chi connectivity index (χ1n) is 8.30. The number of aromatic amines is 1. The van der Waals surface area contributed by atoms with Crippen molar-refractivity contribution in [1.82, 2.24) is 9.55 Å². The zero-order valence-corrected chi connectivity index (χ0v) is 16.6. The second-order valence-electron chi connectivity index (χ2n) is 7.81. The number of nitrogens with one attached hydrogen (secondary N) is 1. The maximum absolute atomic E-state index is 12.1. The molecule has 0 radical (unpaired) electrons. The molecule has 1 fully saturated rings. The minimum absolute atomic E-state index is 0.0296. The summed E-state index contributed by atoms with van der Waals surface area (Å²) in [6.07, 6.45) is -1.15. The van der Waals surface area contributed by atoms with Crippen LogP contribution < -0.4 is 11.2 Å². The van der Waals surface area contributed by atoms with Gasteiger partial charge in [-0.1, -0.05) is 20.8 Å². The molecule has 2 N–H and O–H groups in total. The topological polar surface area (TPSA) is 103 Å². The highest BCUT2D eigenvalue weighted by atomic mass is 28.4. The molecule has 1 saturated heterocycles. The zero-order chi connectivity index (χ0) is 19.0. The number of aliphatic hydroxyl groups excluding tert-OH is 1. The molecule has 0 saturated carbocycles. The van der Waals surface area contributed by atoms with E-state index in [1.54, 1.807) is 0 Å². The number of hydrogen-bond donors (Lipinski definition) is 2. The van der Waals surface area contributed by atoms with Gasteiger partial charge in [-0.05, 0) is 18.1 Å². The van der Waals surface area contributed by atoms with Crippen molar-refractivity contribution in [3.8, 4) is 0 Å². The smallest absolute Gasteiger partial charge is 0.330 e. The Labute approximate surface area is 147 Å². The standard InChI is InChI=1S/C16H28N2O6Si/c1-16(2,3)25(5,6)24-12-10(9-19)23-14(13(12)22-4)18-8-7-11(20)17-15(18)21/h7-8,10,12-14,19H,9H2,1-6H3,(H,17,20,21)/t10-,12-,13-,14-/m1/s1. The van der Waals surface area contributed by atoms with Gasteiger partial charge in [-0.15, -0.1) is 0 Å². The third-order valence-electron chi connectivity index (χ3n) is 5.10. The third-order valence-corrected chi connectivity index (χ3v) is 9.57. The highest BCUT2D eigenvalue weighted by molar-refractivity contribution is 6.74. The van der Waals surface area contributed by atoms with Crippen LogP contribution in [-0.4, -0.2) is 55.0 Å². The van der Waals surface area contributed by atoms with Crippen molar-refractivity contribution in [3.63, 3.8) is 0 Å². The van der Waals surface area contributed by atoms with E-state index in [2.05, 4.69) is 38.8 Å². The van der Waals surface area contributed by atoms with Crippen LogP contribution in [0.5, 0.6) is 0 Å². The third kappa shape index (κ3) is 3.95. The Morgan fingerprint density at radius 2 is 1.96 bits per heavy atom. The summed E-state index contributed by atoms with van der Waals surface area (Å²) in [5.41, 5.74) is -1.08. The van der Waals surface area contributed by atoms with Gasteiger partial charge in [0.05, 0.1) is 6.61 Å². The lowest BCUT2D eigenvalue weighted by Crippen LogP contribution is -2.50. The SMILES string of the molecule is CO[C@@H]1[C@H](O[Si](C)(C)C(C)(C)C)[C@@H](CO)O[C@H]1n1ccc(=O)[nH]c1=O. The van der Waals surface area contributed by atoms with Gasteiger partial charge in [0.1, 0.15) is 18.3 Å². The fourth-order valence-corrected chi connectivity index (χ4v) is 3.94. The molecule has 9 heteroatoms. The molecule has 0 aliphatic carbocycles. The quantitative estimate of drug-likeness (QED) is 0.742. The van der Waals surface area contributed by atoms with Gasteiger partial charge < -0.3 is 19.0 Å². The summed E-state index contributed by atoms with van der Waals surface area (Å²) < 4.78 is 19.1. The monoisotopic (exact) mass is 372 g/mol. The van der Waals surface area contributed by atoms with Gasteiger partial charge in [-0.2, -0.15) is 0 Å². The van der Waals surface area contributed by atoms with Crippen molar-refractivity contribution in [2.75, 3.05) is 13.7 Å². The van der Waals surface area contributed by atoms with Crippen molar-refractivity contribution in [3.05, 3.63) is 33.1 Å². The minimum Gasteiger partial charge on any atom is -0.408 e. The maximum atomic E-state index is 12.1. The molecule has 1 aromatic rings. The Morgan fingerprint density at radius 3 is 2.44 bits per heavy atom. The van der Waals surface area contributed by atoms with Crippen molar-refractivity contribution < 1.29 is 19.0 Å². The van der Waals surface area contributed by atoms with E-state index in [-0.39, 0.29) is 11.6 Å². The van der Waals surface area contributed by atoms with Gasteiger partial charge in [0.2, 0.25) is 0 Å². The second-order valence-corrected chi connectivity index (χ2v) is 12.6. The molecular weight excluding hydrogens is 344 g/mol. The molecule has 0 amide bonds. The van der Waals surface area contributed by atoms with Crippen molar-refractivity contribution in [2.45, 2.75) is 63.4 Å². The highest BCUT2D eigenvalue weighted by Gasteiger charge is 2.51. The lowest BCUT2D eigenvalue weighted by atomic mass is 10.1. The van der Waals surface area contributed by atoms with E-state index < -0.39 is 44.1 Å². The molecule has 0 unspecified atom stereocenters. The molecule has 1 aliphatic rings. The number of methoxy groups -OCH3 is 1. The van der Waals surface area contributed by atoms with Crippen LogP contribution in [-0.2, 0) is 13.9 Å². The molecule has 0 bridgehead atoms. The normalized spacial score (nSPS) is 27.6. The highest BCUT2D eigenvalue weighted by Crippen LogP contribution is 2.41. The number of ether oxygens (including phenoxy) is 2. The van der Waals surface area contributed by atoms with Crippen molar-refractivity contribution >= 4 is 8.32 Å². The Kier molecular flexibility index (Phi) is 5.74. The fourth-order valence-electron chi connectivity index (χ4n) is 2.62. The second kappa shape index (κ2) is 7.16. The van der Waals surface area contributed by atoms with Crippen LogP contribution in [0.2, 0.25) is 18.1 Å². The van der Waals surface area contributed by atoms with Gasteiger partial charge >= 0.3 is 5.69 Å². The summed E-state index contributed by atoms with van der Waals surface area (Å²) in [5, 5.41) is 9.71. The molecule has 1 aliphatic heterocycles. The molecule has 2 heterocycles. The minimum atomic E-state index is -2.16. The predicted octanol–water partition coefficient (Wildman–Crippen LogP) is 0.832. The number of rotatable bonds is 5. The molecule has 8 nitrogen and oxygen atoms in total. The van der Waals surface area contributed by atoms with Crippen LogP contribution in [0.4, 0.5) is 0 Å². The van der Waals surface area contributed by atoms with E-state index in [1.807, 2.05) is 0 Å². The van der Waals surface area contributed by atoms with Gasteiger partial charge in [-0.3, -0.25) is 14.3 Å². The first-order chi connectivity index (χ1) is 11.5. The maximum Gasteiger partial charge on any atom is 0.330 e. The summed E-state index contributed by atoms with van der Waals surface area (Å²) in [5.74, 6) is 0. The average Bonchev–Trinajstić information content (AvgIpc) is 2.82. The van der Waals surface area contributed by atoms with Crippen LogP contribution in [0.25, 0.3) is 0 Å². The molecular formula is C16H28N2O6Si. The Balaban J connectivity index is 2.38. The lowest BCUT2D eigenvalue weighted by Gasteiger charge is -2.40. The van der Waals surface area contributed by atoms with Gasteiger partial charge in [0.15, 0.2) is 14.5 Å². The molecule has 1 aromatic heterocycles. The molecule has 25 heavy (non-hydrogen) atoms. The Hall–Kier alpha value is -1.26. The summed E-state index contributed by atoms with van der Waals surface area (Å²) in [6.45, 7) is 10.3. The summed E-state index contributed by atoms with van der Waals surface area (Å²) in [7, 11) is -0.642. The molecule has 0 aromatic carbocycles. The number of hydrogen-bond acceptors (Lipinski definition) is 6. The molecule has 2 rings (SSSR count). The van der Waals surface area contributed by atoms with Crippen LogP contribution in [0, 0.1) is 0 Å². The Bertz CT molecular complexity index is 708. The van der Waals surface area contributed by atoms with Gasteiger partial charge in [0.25, 0.3) is 5.56 Å². The van der Waals surface area contributed by atoms with Crippen molar-refractivity contribution in [2.24, 2.45) is 0 Å². The van der Waals surface area contributed by atoms with Crippen LogP contribution >= 0.6 is 0 Å². The summed E-state index contributed by atoms with van der Waals surface area (Å²) in [4.78, 5) is 25.6. The van der Waals surface area contributed by atoms with Crippen LogP contribution in [0.3, 0.4) is 0 Å². The number of H-pyrrole nitrogens is 1. The van der Waals surface area contributed by atoms with Crippen molar-refractivity contribution in [1.29, 1.82) is 0 Å². The summed E-state index contributed by atoms with van der Waals surface area (Å²) in [6, 6.07) is 1.24. The predicted molar refractivity (Wildman–Crippen MR) is 95.2 cm³/mol. The average molecular weight is 372 g/mol. The first-order valence-corrected chi connectivity index (χ1v) is 11.2. The van der Waals surface area contributed by atoms with Gasteiger partial charge in [-0.25, -0.2) is 4.79 Å². The van der Waals surface area contributed by atoms with E-state index in [4.69, 9.17) is 13.9 Å². The fraction of sp³-hybridized carbons (Fsp3) is 0.750. The van der Waals surface area contributed by atoms with E-state index >= 15 is 0 Å². The van der Waals surface area contributed by atoms with E-state index in [0.717, 1.165) is 0 Å². The van der Waals surface area contributed by atoms with E-state index in [9.17, 15) is 14.7 Å². The first kappa shape index (κ1) is 20.1. The van der Waals surface area contributed by atoms with E-state index in [1.165, 1.54) is 23.9 Å². The van der Waals surface area contributed by atoms with Gasteiger partial charge in [0, 0.05) is 19.4 Å². The molecule has 4 atom stereocenters. The number of aliphatic hydroxyl groups is 1. The van der Waals surface area contributed by atoms with Crippen LogP contribution in [0.15, 0.2) is 21.9 Å². The number of aromatic nitrogens is 2. The van der Waals surface area contributed by atoms with Crippen LogP contribution in [0.1, 0.15) is 27.0 Å². The zero-order valence-electron chi connectivity index (χ0n) is 15.6. The Morgan fingerprint density at radius 1 is 1.32 bits per heavy atom. The number of nitrogens with zero attached hydrogens (tertiary/aromatic N) is 1.